The lowest BCUT2D eigenvalue weighted by Crippen LogP contribution is -2.48. The highest BCUT2D eigenvalue weighted by Gasteiger charge is 2.57. The SMILES string of the molecule is COC1=CC(O)(C(F)(F)F)OC(c2ccc([N+](=O)[O-])cc2)C1. The molecule has 0 aromatic heterocycles. The Labute approximate surface area is 122 Å². The second-order valence-electron chi connectivity index (χ2n) is 4.67. The zero-order chi connectivity index (χ0) is 16.5. The van der Waals surface area contributed by atoms with Gasteiger partial charge in [0.15, 0.2) is 0 Å². The smallest absolute Gasteiger partial charge is 0.447 e. The maximum Gasteiger partial charge on any atom is 0.447 e. The largest absolute Gasteiger partial charge is 0.501 e. The fraction of sp³-hybridized carbons (Fsp3) is 0.385. The lowest BCUT2D eigenvalue weighted by atomic mass is 10.00. The van der Waals surface area contributed by atoms with Crippen LogP contribution in [-0.4, -0.2) is 29.1 Å². The van der Waals surface area contributed by atoms with Gasteiger partial charge >= 0.3 is 6.18 Å². The molecule has 1 heterocycles. The number of hydrogen-bond acceptors (Lipinski definition) is 5. The second-order valence-corrected chi connectivity index (χ2v) is 4.67. The van der Waals surface area contributed by atoms with Crippen molar-refractivity contribution in [2.24, 2.45) is 0 Å². The maximum absolute atomic E-state index is 12.9. The van der Waals surface area contributed by atoms with Crippen molar-refractivity contribution < 1.29 is 32.7 Å². The van der Waals surface area contributed by atoms with Gasteiger partial charge < -0.3 is 14.6 Å². The van der Waals surface area contributed by atoms with Gasteiger partial charge in [0, 0.05) is 24.6 Å². The first-order valence-corrected chi connectivity index (χ1v) is 6.13. The molecule has 22 heavy (non-hydrogen) atoms. The van der Waals surface area contributed by atoms with Crippen molar-refractivity contribution in [1.82, 2.24) is 0 Å². The van der Waals surface area contributed by atoms with Gasteiger partial charge in [0.25, 0.3) is 11.5 Å². The number of alkyl halides is 3. The highest BCUT2D eigenvalue weighted by atomic mass is 19.4. The summed E-state index contributed by atoms with van der Waals surface area (Å²) in [6, 6.07) is 4.85. The van der Waals surface area contributed by atoms with E-state index in [0.29, 0.717) is 6.08 Å². The van der Waals surface area contributed by atoms with Gasteiger partial charge in [-0.2, -0.15) is 13.2 Å². The zero-order valence-electron chi connectivity index (χ0n) is 11.3. The Morgan fingerprint density at radius 2 is 2.00 bits per heavy atom. The molecule has 6 nitrogen and oxygen atoms in total. The minimum absolute atomic E-state index is 0.0350. The van der Waals surface area contributed by atoms with Gasteiger partial charge in [-0.15, -0.1) is 0 Å². The summed E-state index contributed by atoms with van der Waals surface area (Å²) in [4.78, 5) is 9.95. The molecule has 0 saturated carbocycles. The summed E-state index contributed by atoms with van der Waals surface area (Å²) in [7, 11) is 1.18. The first kappa shape index (κ1) is 16.2. The Hall–Kier alpha value is -2.13. The molecule has 2 rings (SSSR count). The minimum atomic E-state index is -5.05. The van der Waals surface area contributed by atoms with Gasteiger partial charge in [0.1, 0.15) is 5.76 Å². The van der Waals surface area contributed by atoms with Gasteiger partial charge in [-0.3, -0.25) is 10.1 Å². The molecule has 2 atom stereocenters. The molecular weight excluding hydrogens is 307 g/mol. The topological polar surface area (TPSA) is 81.8 Å². The predicted molar refractivity (Wildman–Crippen MR) is 67.6 cm³/mol. The number of methoxy groups -OCH3 is 1. The van der Waals surface area contributed by atoms with E-state index >= 15 is 0 Å². The Morgan fingerprint density at radius 3 is 2.45 bits per heavy atom. The minimum Gasteiger partial charge on any atom is -0.501 e. The summed E-state index contributed by atoms with van der Waals surface area (Å²) in [5.74, 6) is -3.56. The van der Waals surface area contributed by atoms with Crippen LogP contribution in [-0.2, 0) is 9.47 Å². The van der Waals surface area contributed by atoms with E-state index in [4.69, 9.17) is 9.47 Å². The molecular formula is C13H12F3NO5. The van der Waals surface area contributed by atoms with Crippen LogP contribution in [0.5, 0.6) is 0 Å². The number of halogens is 3. The van der Waals surface area contributed by atoms with E-state index in [2.05, 4.69) is 0 Å². The first-order valence-electron chi connectivity index (χ1n) is 6.13. The Kier molecular flexibility index (Phi) is 4.12. The molecule has 120 valence electrons. The van der Waals surface area contributed by atoms with Gasteiger partial charge in [-0.25, -0.2) is 0 Å². The first-order chi connectivity index (χ1) is 10.2. The fourth-order valence-electron chi connectivity index (χ4n) is 2.04. The third-order valence-electron chi connectivity index (χ3n) is 3.21. The Morgan fingerprint density at radius 1 is 1.41 bits per heavy atom. The summed E-state index contributed by atoms with van der Waals surface area (Å²) in [5, 5.41) is 20.2. The summed E-state index contributed by atoms with van der Waals surface area (Å²) < 4.78 is 48.4. The van der Waals surface area contributed by atoms with Gasteiger partial charge in [0.2, 0.25) is 0 Å². The number of ether oxygens (including phenoxy) is 2. The zero-order valence-corrected chi connectivity index (χ0v) is 11.3. The van der Waals surface area contributed by atoms with Crippen molar-refractivity contribution in [2.45, 2.75) is 24.5 Å². The monoisotopic (exact) mass is 319 g/mol. The van der Waals surface area contributed by atoms with Crippen LogP contribution in [0.2, 0.25) is 0 Å². The van der Waals surface area contributed by atoms with Crippen molar-refractivity contribution in [1.29, 1.82) is 0 Å². The Balaban J connectivity index is 2.33. The lowest BCUT2D eigenvalue weighted by Gasteiger charge is -2.36. The number of nitro groups is 1. The standard InChI is InChI=1S/C13H12F3NO5/c1-21-10-6-11(22-12(18,7-10)13(14,15)16)8-2-4-9(5-3-8)17(19)20/h2-5,7,11,18H,6H2,1H3. The number of hydrogen-bond donors (Lipinski definition) is 1. The number of rotatable bonds is 3. The van der Waals surface area contributed by atoms with Crippen molar-refractivity contribution in [3.8, 4) is 0 Å². The molecule has 1 aliphatic rings. The molecule has 0 spiro atoms. The van der Waals surface area contributed by atoms with E-state index in [0.717, 1.165) is 12.1 Å². The summed E-state index contributed by atoms with van der Waals surface area (Å²) in [6.45, 7) is 0. The average Bonchev–Trinajstić information content (AvgIpc) is 2.45. The van der Waals surface area contributed by atoms with Crippen molar-refractivity contribution in [3.05, 3.63) is 51.8 Å². The van der Waals surface area contributed by atoms with Crippen molar-refractivity contribution in [2.75, 3.05) is 7.11 Å². The molecule has 0 aliphatic carbocycles. The summed E-state index contributed by atoms with van der Waals surface area (Å²) in [6.07, 6.45) is -5.76. The van der Waals surface area contributed by atoms with Gasteiger partial charge in [-0.05, 0) is 17.7 Å². The third-order valence-corrected chi connectivity index (χ3v) is 3.21. The van der Waals surface area contributed by atoms with Crippen molar-refractivity contribution >= 4 is 5.69 Å². The quantitative estimate of drug-likeness (QED) is 0.684. The Bertz CT molecular complexity index is 599. The molecule has 1 N–H and O–H groups in total. The number of benzene rings is 1. The lowest BCUT2D eigenvalue weighted by molar-refractivity contribution is -0.384. The number of nitrogens with zero attached hydrogens (tertiary/aromatic N) is 1. The summed E-state index contributed by atoms with van der Waals surface area (Å²) in [5.41, 5.74) is 0.0593. The number of nitro benzene ring substituents is 1. The molecule has 1 aromatic carbocycles. The molecule has 9 heteroatoms. The van der Waals surface area contributed by atoms with Crippen LogP contribution in [0.4, 0.5) is 18.9 Å². The molecule has 0 bridgehead atoms. The molecule has 0 saturated heterocycles. The van der Waals surface area contributed by atoms with E-state index in [1.807, 2.05) is 0 Å². The predicted octanol–water partition coefficient (Wildman–Crippen LogP) is 2.84. The highest BCUT2D eigenvalue weighted by molar-refractivity contribution is 5.34. The van der Waals surface area contributed by atoms with Gasteiger partial charge in [-0.1, -0.05) is 0 Å². The van der Waals surface area contributed by atoms with Crippen LogP contribution in [0, 0.1) is 10.1 Å². The van der Waals surface area contributed by atoms with Gasteiger partial charge in [0.05, 0.1) is 18.1 Å². The average molecular weight is 319 g/mol. The van der Waals surface area contributed by atoms with Crippen LogP contribution in [0.1, 0.15) is 18.1 Å². The van der Waals surface area contributed by atoms with Crippen LogP contribution in [0.15, 0.2) is 36.1 Å². The highest BCUT2D eigenvalue weighted by Crippen LogP contribution is 2.43. The molecule has 0 amide bonds. The van der Waals surface area contributed by atoms with E-state index in [1.54, 1.807) is 0 Å². The normalized spacial score (nSPS) is 25.5. The molecule has 0 fully saturated rings. The number of aliphatic hydroxyl groups is 1. The van der Waals surface area contributed by atoms with Crippen LogP contribution in [0.25, 0.3) is 0 Å². The fourth-order valence-corrected chi connectivity index (χ4v) is 2.04. The van der Waals surface area contributed by atoms with Crippen LogP contribution < -0.4 is 0 Å². The maximum atomic E-state index is 12.9. The van der Waals surface area contributed by atoms with E-state index in [9.17, 15) is 28.4 Å². The van der Waals surface area contributed by atoms with Crippen LogP contribution >= 0.6 is 0 Å². The molecule has 1 aliphatic heterocycles. The molecule has 2 unspecified atom stereocenters. The van der Waals surface area contributed by atoms with E-state index in [-0.39, 0.29) is 23.4 Å². The van der Waals surface area contributed by atoms with Crippen molar-refractivity contribution in [3.63, 3.8) is 0 Å². The summed E-state index contributed by atoms with van der Waals surface area (Å²) >= 11 is 0. The van der Waals surface area contributed by atoms with Crippen LogP contribution in [0.3, 0.4) is 0 Å². The second kappa shape index (κ2) is 5.58. The molecule has 1 aromatic rings. The number of non-ortho nitro benzene ring substituents is 1. The molecule has 0 radical (unpaired) electrons. The third kappa shape index (κ3) is 3.04. The van der Waals surface area contributed by atoms with E-state index < -0.39 is 23.0 Å². The van der Waals surface area contributed by atoms with E-state index in [1.165, 1.54) is 19.2 Å².